The Balaban J connectivity index is 0.00000242. The molecule has 22 heavy (non-hydrogen) atoms. The largest absolute Gasteiger partial charge is 0.494 e. The maximum Gasteiger partial charge on any atom is 0.240 e. The van der Waals surface area contributed by atoms with Gasteiger partial charge < -0.3 is 20.1 Å². The van der Waals surface area contributed by atoms with Crippen molar-refractivity contribution < 1.29 is 14.3 Å². The Labute approximate surface area is 138 Å². The lowest BCUT2D eigenvalue weighted by Crippen LogP contribution is -2.55. The number of hydrogen-bond acceptors (Lipinski definition) is 4. The standard InChI is InChI=1S/C16H24N2O3.ClH/c1-4-20-14-7-5-6-13(10-14)11(2)18-16(19)15-12(3)21-9-8-17-15;/h5-7,10-12,15,17H,4,8-9H2,1-3H3,(H,18,19);1H/t11?,12-,15+;/m1./s1. The van der Waals surface area contributed by atoms with Crippen molar-refractivity contribution in [2.45, 2.75) is 39.0 Å². The van der Waals surface area contributed by atoms with Gasteiger partial charge in [-0.25, -0.2) is 0 Å². The Kier molecular flexibility index (Phi) is 7.65. The minimum Gasteiger partial charge on any atom is -0.494 e. The molecule has 1 aromatic carbocycles. The molecule has 6 heteroatoms. The lowest BCUT2D eigenvalue weighted by atomic mass is 10.1. The Morgan fingerprint density at radius 1 is 1.55 bits per heavy atom. The highest BCUT2D eigenvalue weighted by Gasteiger charge is 2.29. The third-order valence-electron chi connectivity index (χ3n) is 3.63. The van der Waals surface area contributed by atoms with Crippen LogP contribution in [0.4, 0.5) is 0 Å². The van der Waals surface area contributed by atoms with E-state index in [0.717, 1.165) is 11.3 Å². The second kappa shape index (κ2) is 8.98. The molecule has 0 aromatic heterocycles. The molecule has 1 aliphatic heterocycles. The molecule has 1 fully saturated rings. The molecule has 1 unspecified atom stereocenters. The van der Waals surface area contributed by atoms with E-state index in [1.54, 1.807) is 0 Å². The highest BCUT2D eigenvalue weighted by Crippen LogP contribution is 2.19. The van der Waals surface area contributed by atoms with Crippen LogP contribution < -0.4 is 15.4 Å². The fourth-order valence-electron chi connectivity index (χ4n) is 2.45. The molecular formula is C16H25ClN2O3. The molecule has 124 valence electrons. The maximum absolute atomic E-state index is 12.3. The molecule has 1 amide bonds. The van der Waals surface area contributed by atoms with E-state index >= 15 is 0 Å². The fraction of sp³-hybridized carbons (Fsp3) is 0.562. The van der Waals surface area contributed by atoms with Crippen LogP contribution in [0.15, 0.2) is 24.3 Å². The van der Waals surface area contributed by atoms with Crippen molar-refractivity contribution in [1.82, 2.24) is 10.6 Å². The molecule has 0 bridgehead atoms. The molecule has 1 aliphatic rings. The summed E-state index contributed by atoms with van der Waals surface area (Å²) in [7, 11) is 0. The van der Waals surface area contributed by atoms with Gasteiger partial charge in [-0.05, 0) is 38.5 Å². The number of ether oxygens (including phenoxy) is 2. The molecule has 0 spiro atoms. The number of nitrogens with one attached hydrogen (secondary N) is 2. The molecule has 3 atom stereocenters. The predicted molar refractivity (Wildman–Crippen MR) is 88.6 cm³/mol. The quantitative estimate of drug-likeness (QED) is 0.868. The average Bonchev–Trinajstić information content (AvgIpc) is 2.48. The summed E-state index contributed by atoms with van der Waals surface area (Å²) in [5, 5.41) is 6.22. The first-order valence-corrected chi connectivity index (χ1v) is 7.50. The maximum atomic E-state index is 12.3. The van der Waals surface area contributed by atoms with Crippen LogP contribution in [0.2, 0.25) is 0 Å². The molecule has 2 rings (SSSR count). The summed E-state index contributed by atoms with van der Waals surface area (Å²) >= 11 is 0. The lowest BCUT2D eigenvalue weighted by molar-refractivity contribution is -0.129. The molecule has 1 heterocycles. The number of hydrogen-bond donors (Lipinski definition) is 2. The van der Waals surface area contributed by atoms with Gasteiger partial charge in [-0.2, -0.15) is 0 Å². The van der Waals surface area contributed by atoms with Gasteiger partial charge in [0.25, 0.3) is 0 Å². The van der Waals surface area contributed by atoms with Gasteiger partial charge in [0.05, 0.1) is 25.4 Å². The zero-order valence-corrected chi connectivity index (χ0v) is 14.1. The predicted octanol–water partition coefficient (Wildman–Crippen LogP) is 2.06. The number of benzene rings is 1. The molecule has 5 nitrogen and oxygen atoms in total. The summed E-state index contributed by atoms with van der Waals surface area (Å²) in [6.45, 7) is 7.82. The van der Waals surface area contributed by atoms with E-state index in [0.29, 0.717) is 19.8 Å². The van der Waals surface area contributed by atoms with Crippen LogP contribution >= 0.6 is 12.4 Å². The highest BCUT2D eigenvalue weighted by molar-refractivity contribution is 5.85. The monoisotopic (exact) mass is 328 g/mol. The second-order valence-corrected chi connectivity index (χ2v) is 5.24. The summed E-state index contributed by atoms with van der Waals surface area (Å²) in [4.78, 5) is 12.3. The number of carbonyl (C=O) groups excluding carboxylic acids is 1. The van der Waals surface area contributed by atoms with E-state index in [-0.39, 0.29) is 36.5 Å². The third-order valence-corrected chi connectivity index (χ3v) is 3.63. The Morgan fingerprint density at radius 2 is 2.32 bits per heavy atom. The molecular weight excluding hydrogens is 304 g/mol. The van der Waals surface area contributed by atoms with Crippen molar-refractivity contribution in [2.24, 2.45) is 0 Å². The SMILES string of the molecule is CCOc1cccc(C(C)NC(=O)[C@H]2NCCO[C@@H]2C)c1.Cl. The summed E-state index contributed by atoms with van der Waals surface area (Å²) < 4.78 is 11.0. The van der Waals surface area contributed by atoms with E-state index in [1.165, 1.54) is 0 Å². The van der Waals surface area contributed by atoms with Crippen LogP contribution in [-0.4, -0.2) is 37.8 Å². The summed E-state index contributed by atoms with van der Waals surface area (Å²) in [6.07, 6.45) is -0.110. The number of rotatable bonds is 5. The van der Waals surface area contributed by atoms with Gasteiger partial charge in [-0.3, -0.25) is 4.79 Å². The van der Waals surface area contributed by atoms with Gasteiger partial charge in [0.15, 0.2) is 0 Å². The number of halogens is 1. The molecule has 0 saturated carbocycles. The van der Waals surface area contributed by atoms with Crippen LogP contribution in [0.1, 0.15) is 32.4 Å². The van der Waals surface area contributed by atoms with Crippen LogP contribution in [0.3, 0.4) is 0 Å². The minimum atomic E-state index is -0.295. The van der Waals surface area contributed by atoms with Crippen molar-refractivity contribution in [3.05, 3.63) is 29.8 Å². The Hall–Kier alpha value is -1.30. The smallest absolute Gasteiger partial charge is 0.240 e. The molecule has 0 radical (unpaired) electrons. The summed E-state index contributed by atoms with van der Waals surface area (Å²) in [6, 6.07) is 7.43. The Morgan fingerprint density at radius 3 is 3.00 bits per heavy atom. The highest BCUT2D eigenvalue weighted by atomic mass is 35.5. The van der Waals surface area contributed by atoms with Gasteiger partial charge in [-0.1, -0.05) is 12.1 Å². The van der Waals surface area contributed by atoms with Crippen molar-refractivity contribution in [3.63, 3.8) is 0 Å². The van der Waals surface area contributed by atoms with Gasteiger partial charge in [0.2, 0.25) is 5.91 Å². The number of carbonyl (C=O) groups is 1. The molecule has 1 saturated heterocycles. The van der Waals surface area contributed by atoms with E-state index in [4.69, 9.17) is 9.47 Å². The molecule has 2 N–H and O–H groups in total. The first kappa shape index (κ1) is 18.7. The number of amides is 1. The topological polar surface area (TPSA) is 59.6 Å². The zero-order chi connectivity index (χ0) is 15.2. The van der Waals surface area contributed by atoms with Crippen molar-refractivity contribution in [2.75, 3.05) is 19.8 Å². The fourth-order valence-corrected chi connectivity index (χ4v) is 2.45. The van der Waals surface area contributed by atoms with Crippen molar-refractivity contribution in [1.29, 1.82) is 0 Å². The third kappa shape index (κ3) is 4.87. The van der Waals surface area contributed by atoms with E-state index in [1.807, 2.05) is 45.0 Å². The molecule has 0 aliphatic carbocycles. The zero-order valence-electron chi connectivity index (χ0n) is 13.3. The summed E-state index contributed by atoms with van der Waals surface area (Å²) in [5.41, 5.74) is 1.03. The van der Waals surface area contributed by atoms with Crippen LogP contribution in [0, 0.1) is 0 Å². The van der Waals surface area contributed by atoms with Crippen LogP contribution in [0.5, 0.6) is 5.75 Å². The normalized spacial score (nSPS) is 22.3. The second-order valence-electron chi connectivity index (χ2n) is 5.24. The van der Waals surface area contributed by atoms with E-state index in [2.05, 4.69) is 10.6 Å². The van der Waals surface area contributed by atoms with E-state index in [9.17, 15) is 4.79 Å². The lowest BCUT2D eigenvalue weighted by Gasteiger charge is -2.30. The first-order chi connectivity index (χ1) is 10.1. The van der Waals surface area contributed by atoms with Crippen molar-refractivity contribution >= 4 is 18.3 Å². The van der Waals surface area contributed by atoms with Gasteiger partial charge >= 0.3 is 0 Å². The van der Waals surface area contributed by atoms with Gasteiger partial charge in [-0.15, -0.1) is 12.4 Å². The first-order valence-electron chi connectivity index (χ1n) is 7.50. The van der Waals surface area contributed by atoms with Crippen molar-refractivity contribution in [3.8, 4) is 5.75 Å². The molecule has 1 aromatic rings. The van der Waals surface area contributed by atoms with Gasteiger partial charge in [0, 0.05) is 6.54 Å². The van der Waals surface area contributed by atoms with Crippen LogP contribution in [-0.2, 0) is 9.53 Å². The summed E-state index contributed by atoms with van der Waals surface area (Å²) in [5.74, 6) is 0.792. The van der Waals surface area contributed by atoms with Crippen LogP contribution in [0.25, 0.3) is 0 Å². The average molecular weight is 329 g/mol. The minimum absolute atomic E-state index is 0. The number of morpholine rings is 1. The Bertz CT molecular complexity index is 484. The van der Waals surface area contributed by atoms with E-state index < -0.39 is 0 Å². The van der Waals surface area contributed by atoms with Gasteiger partial charge in [0.1, 0.15) is 11.8 Å².